The largest absolute Gasteiger partial charge is 0.508 e. The van der Waals surface area contributed by atoms with Crippen molar-refractivity contribution < 1.29 is 5.11 Å². The van der Waals surface area contributed by atoms with E-state index in [9.17, 15) is 5.11 Å². The van der Waals surface area contributed by atoms with Crippen LogP contribution in [-0.4, -0.2) is 17.2 Å². The zero-order valence-electron chi connectivity index (χ0n) is 8.52. The van der Waals surface area contributed by atoms with Crippen LogP contribution in [0.2, 0.25) is 0 Å². The van der Waals surface area contributed by atoms with Gasteiger partial charge in [-0.1, -0.05) is 12.1 Å². The Morgan fingerprint density at radius 1 is 1.27 bits per heavy atom. The van der Waals surface area contributed by atoms with Crippen molar-refractivity contribution in [2.24, 2.45) is 0 Å². The fourth-order valence-corrected chi connectivity index (χ4v) is 2.95. The number of nitrogens with one attached hydrogen (secondary N) is 1. The summed E-state index contributed by atoms with van der Waals surface area (Å²) < 4.78 is 0. The topological polar surface area (TPSA) is 32.3 Å². The molecule has 1 aromatic carbocycles. The van der Waals surface area contributed by atoms with Gasteiger partial charge in [0.15, 0.2) is 0 Å². The molecule has 2 bridgehead atoms. The van der Waals surface area contributed by atoms with Crippen LogP contribution in [0.3, 0.4) is 0 Å². The summed E-state index contributed by atoms with van der Waals surface area (Å²) in [5, 5.41) is 13.0. The van der Waals surface area contributed by atoms with Crippen molar-refractivity contribution in [3.05, 3.63) is 29.8 Å². The summed E-state index contributed by atoms with van der Waals surface area (Å²) in [4.78, 5) is 0. The highest BCUT2D eigenvalue weighted by molar-refractivity contribution is 5.85. The molecule has 15 heavy (non-hydrogen) atoms. The van der Waals surface area contributed by atoms with Crippen LogP contribution < -0.4 is 5.32 Å². The van der Waals surface area contributed by atoms with Crippen LogP contribution in [-0.2, 0) is 0 Å². The van der Waals surface area contributed by atoms with E-state index < -0.39 is 0 Å². The Hall–Kier alpha value is -0.730. The third-order valence-corrected chi connectivity index (χ3v) is 3.60. The van der Waals surface area contributed by atoms with Gasteiger partial charge in [0, 0.05) is 18.0 Å². The molecule has 3 unspecified atom stereocenters. The molecule has 3 rings (SSSR count). The van der Waals surface area contributed by atoms with Crippen LogP contribution in [0.25, 0.3) is 0 Å². The Labute approximate surface area is 96.1 Å². The smallest absolute Gasteiger partial charge is 0.115 e. The number of phenols is 1. The first-order chi connectivity index (χ1) is 6.83. The summed E-state index contributed by atoms with van der Waals surface area (Å²) in [5.41, 5.74) is 1.30. The molecule has 0 aromatic heterocycles. The minimum atomic E-state index is 0. The third-order valence-electron chi connectivity index (χ3n) is 3.60. The quantitative estimate of drug-likeness (QED) is 0.770. The highest BCUT2D eigenvalue weighted by Crippen LogP contribution is 2.40. The lowest BCUT2D eigenvalue weighted by atomic mass is 9.84. The van der Waals surface area contributed by atoms with Gasteiger partial charge in [-0.2, -0.15) is 0 Å². The predicted octanol–water partition coefficient (Wildman–Crippen LogP) is 2.42. The molecule has 2 N–H and O–H groups in total. The SMILES string of the molecule is Cl.Oc1cccc(C2CC3CCC2N3)c1. The second-order valence-electron chi connectivity index (χ2n) is 4.48. The predicted molar refractivity (Wildman–Crippen MR) is 62.7 cm³/mol. The summed E-state index contributed by atoms with van der Waals surface area (Å²) in [6.07, 6.45) is 3.87. The average Bonchev–Trinajstić information content (AvgIpc) is 2.78. The Morgan fingerprint density at radius 2 is 2.13 bits per heavy atom. The third kappa shape index (κ3) is 1.84. The van der Waals surface area contributed by atoms with E-state index in [1.54, 1.807) is 6.07 Å². The number of fused-ring (bicyclic) bond motifs is 2. The van der Waals surface area contributed by atoms with Crippen LogP contribution in [0.1, 0.15) is 30.7 Å². The van der Waals surface area contributed by atoms with Crippen LogP contribution in [0.4, 0.5) is 0 Å². The van der Waals surface area contributed by atoms with E-state index in [1.165, 1.54) is 24.8 Å². The number of hydrogen-bond acceptors (Lipinski definition) is 2. The minimum absolute atomic E-state index is 0. The van der Waals surface area contributed by atoms with Gasteiger partial charge in [-0.25, -0.2) is 0 Å². The molecule has 2 nitrogen and oxygen atoms in total. The number of rotatable bonds is 1. The first-order valence-corrected chi connectivity index (χ1v) is 5.38. The van der Waals surface area contributed by atoms with E-state index in [0.717, 1.165) is 6.04 Å². The number of hydrogen-bond donors (Lipinski definition) is 2. The van der Waals surface area contributed by atoms with Crippen LogP contribution in [0, 0.1) is 0 Å². The second-order valence-corrected chi connectivity index (χ2v) is 4.48. The van der Waals surface area contributed by atoms with E-state index in [-0.39, 0.29) is 12.4 Å². The first kappa shape index (κ1) is 10.8. The Morgan fingerprint density at radius 3 is 2.73 bits per heavy atom. The van der Waals surface area contributed by atoms with E-state index in [4.69, 9.17) is 0 Å². The van der Waals surface area contributed by atoms with Crippen molar-refractivity contribution in [2.75, 3.05) is 0 Å². The number of benzene rings is 1. The Balaban J connectivity index is 0.000000853. The molecule has 0 spiro atoms. The van der Waals surface area contributed by atoms with E-state index in [1.807, 2.05) is 12.1 Å². The van der Waals surface area contributed by atoms with E-state index in [0.29, 0.717) is 17.7 Å². The molecule has 2 fully saturated rings. The summed E-state index contributed by atoms with van der Waals surface area (Å²) in [7, 11) is 0. The van der Waals surface area contributed by atoms with Crippen LogP contribution in [0.15, 0.2) is 24.3 Å². The van der Waals surface area contributed by atoms with Crippen LogP contribution >= 0.6 is 12.4 Å². The number of aromatic hydroxyl groups is 1. The molecule has 3 atom stereocenters. The minimum Gasteiger partial charge on any atom is -0.508 e. The summed E-state index contributed by atoms with van der Waals surface area (Å²) in [5.74, 6) is 1.02. The van der Waals surface area contributed by atoms with Gasteiger partial charge in [0.2, 0.25) is 0 Å². The molecular weight excluding hydrogens is 210 g/mol. The van der Waals surface area contributed by atoms with Gasteiger partial charge in [0.1, 0.15) is 5.75 Å². The van der Waals surface area contributed by atoms with Gasteiger partial charge in [0.25, 0.3) is 0 Å². The lowest BCUT2D eigenvalue weighted by molar-refractivity contribution is 0.468. The van der Waals surface area contributed by atoms with E-state index >= 15 is 0 Å². The number of halogens is 1. The maximum Gasteiger partial charge on any atom is 0.115 e. The maximum absolute atomic E-state index is 9.42. The zero-order chi connectivity index (χ0) is 9.54. The van der Waals surface area contributed by atoms with Gasteiger partial charge in [-0.05, 0) is 37.0 Å². The van der Waals surface area contributed by atoms with Crippen molar-refractivity contribution in [2.45, 2.75) is 37.3 Å². The molecule has 3 heteroatoms. The molecule has 2 saturated heterocycles. The second kappa shape index (κ2) is 4.03. The normalized spacial score (nSPS) is 32.7. The van der Waals surface area contributed by atoms with Crippen molar-refractivity contribution in [1.82, 2.24) is 5.32 Å². The molecule has 0 amide bonds. The maximum atomic E-state index is 9.42. The lowest BCUT2D eigenvalue weighted by Crippen LogP contribution is -2.21. The van der Waals surface area contributed by atoms with Crippen molar-refractivity contribution in [3.8, 4) is 5.75 Å². The lowest BCUT2D eigenvalue weighted by Gasteiger charge is -2.20. The van der Waals surface area contributed by atoms with Gasteiger partial charge in [-0.3, -0.25) is 0 Å². The first-order valence-electron chi connectivity index (χ1n) is 5.38. The molecule has 1 aromatic rings. The molecule has 2 aliphatic rings. The Bertz CT molecular complexity index is 355. The monoisotopic (exact) mass is 225 g/mol. The molecular formula is C12H16ClNO. The fourth-order valence-electron chi connectivity index (χ4n) is 2.95. The molecule has 0 radical (unpaired) electrons. The fraction of sp³-hybridized carbons (Fsp3) is 0.500. The van der Waals surface area contributed by atoms with Crippen molar-refractivity contribution >= 4 is 12.4 Å². The molecule has 2 heterocycles. The van der Waals surface area contributed by atoms with Crippen molar-refractivity contribution in [3.63, 3.8) is 0 Å². The van der Waals surface area contributed by atoms with Crippen LogP contribution in [0.5, 0.6) is 5.75 Å². The molecule has 82 valence electrons. The molecule has 0 saturated carbocycles. The summed E-state index contributed by atoms with van der Waals surface area (Å²) in [6, 6.07) is 9.11. The molecule has 0 aliphatic carbocycles. The van der Waals surface area contributed by atoms with Gasteiger partial charge in [0.05, 0.1) is 0 Å². The highest BCUT2D eigenvalue weighted by atomic mass is 35.5. The van der Waals surface area contributed by atoms with Crippen molar-refractivity contribution in [1.29, 1.82) is 0 Å². The average molecular weight is 226 g/mol. The Kier molecular flexibility index (Phi) is 2.89. The van der Waals surface area contributed by atoms with E-state index in [2.05, 4.69) is 11.4 Å². The zero-order valence-corrected chi connectivity index (χ0v) is 9.33. The highest BCUT2D eigenvalue weighted by Gasteiger charge is 2.39. The van der Waals surface area contributed by atoms with Gasteiger partial charge < -0.3 is 10.4 Å². The van der Waals surface area contributed by atoms with Gasteiger partial charge in [-0.15, -0.1) is 12.4 Å². The standard InChI is InChI=1S/C12H15NO.ClH/c14-10-3-1-2-8(6-10)11-7-9-4-5-12(11)13-9;/h1-3,6,9,11-14H,4-5,7H2;1H. The van der Waals surface area contributed by atoms with Gasteiger partial charge >= 0.3 is 0 Å². The summed E-state index contributed by atoms with van der Waals surface area (Å²) in [6.45, 7) is 0. The summed E-state index contributed by atoms with van der Waals surface area (Å²) >= 11 is 0. The molecule has 2 aliphatic heterocycles. The number of phenolic OH excluding ortho intramolecular Hbond substituents is 1.